The SMILES string of the molecule is CN(C)c1ccc(CNC(=O)CCSc2ccc(F)cc2)cc1. The summed E-state index contributed by atoms with van der Waals surface area (Å²) in [6.07, 6.45) is 0.442. The second-order valence-corrected chi connectivity index (χ2v) is 6.56. The molecule has 0 aromatic heterocycles. The molecule has 0 saturated carbocycles. The largest absolute Gasteiger partial charge is 0.378 e. The first-order valence-electron chi connectivity index (χ1n) is 7.46. The number of hydrogen-bond acceptors (Lipinski definition) is 3. The van der Waals surface area contributed by atoms with E-state index in [4.69, 9.17) is 0 Å². The van der Waals surface area contributed by atoms with Gasteiger partial charge in [0.2, 0.25) is 5.91 Å². The summed E-state index contributed by atoms with van der Waals surface area (Å²) >= 11 is 1.55. The lowest BCUT2D eigenvalue weighted by Crippen LogP contribution is -2.23. The lowest BCUT2D eigenvalue weighted by Gasteiger charge is -2.13. The van der Waals surface area contributed by atoms with Gasteiger partial charge in [-0.15, -0.1) is 11.8 Å². The molecule has 122 valence electrons. The highest BCUT2D eigenvalue weighted by Gasteiger charge is 2.03. The molecule has 0 atom stereocenters. The highest BCUT2D eigenvalue weighted by molar-refractivity contribution is 7.99. The molecule has 5 heteroatoms. The van der Waals surface area contributed by atoms with Crippen LogP contribution >= 0.6 is 11.8 Å². The highest BCUT2D eigenvalue weighted by Crippen LogP contribution is 2.18. The number of thioether (sulfide) groups is 1. The monoisotopic (exact) mass is 332 g/mol. The van der Waals surface area contributed by atoms with E-state index < -0.39 is 0 Å². The predicted molar refractivity (Wildman–Crippen MR) is 94.4 cm³/mol. The van der Waals surface area contributed by atoms with E-state index >= 15 is 0 Å². The summed E-state index contributed by atoms with van der Waals surface area (Å²) in [4.78, 5) is 14.9. The van der Waals surface area contributed by atoms with Crippen molar-refractivity contribution in [3.8, 4) is 0 Å². The number of carbonyl (C=O) groups is 1. The molecule has 2 aromatic rings. The average molecular weight is 332 g/mol. The first-order chi connectivity index (χ1) is 11.0. The molecule has 0 heterocycles. The number of hydrogen-bond donors (Lipinski definition) is 1. The van der Waals surface area contributed by atoms with Gasteiger partial charge in [-0.05, 0) is 42.0 Å². The van der Waals surface area contributed by atoms with Crippen LogP contribution in [0.25, 0.3) is 0 Å². The van der Waals surface area contributed by atoms with Crippen LogP contribution in [-0.4, -0.2) is 25.8 Å². The molecule has 3 nitrogen and oxygen atoms in total. The molecule has 0 bridgehead atoms. The summed E-state index contributed by atoms with van der Waals surface area (Å²) in [5.74, 6) is 0.459. The van der Waals surface area contributed by atoms with Gasteiger partial charge >= 0.3 is 0 Å². The zero-order chi connectivity index (χ0) is 16.7. The maximum Gasteiger partial charge on any atom is 0.221 e. The molecule has 23 heavy (non-hydrogen) atoms. The first kappa shape index (κ1) is 17.3. The summed E-state index contributed by atoms with van der Waals surface area (Å²) in [5.41, 5.74) is 2.21. The Kier molecular flexibility index (Phi) is 6.47. The van der Waals surface area contributed by atoms with Gasteiger partial charge in [0.1, 0.15) is 5.82 Å². The quantitative estimate of drug-likeness (QED) is 0.785. The smallest absolute Gasteiger partial charge is 0.221 e. The number of anilines is 1. The average Bonchev–Trinajstić information content (AvgIpc) is 2.55. The lowest BCUT2D eigenvalue weighted by atomic mass is 10.2. The molecule has 0 aliphatic rings. The molecular formula is C18H21FN2OS. The van der Waals surface area contributed by atoms with Crippen LogP contribution in [0.2, 0.25) is 0 Å². The molecule has 0 aliphatic carbocycles. The van der Waals surface area contributed by atoms with Gasteiger partial charge in [0.15, 0.2) is 0 Å². The molecule has 0 saturated heterocycles. The summed E-state index contributed by atoms with van der Waals surface area (Å²) in [5, 5.41) is 2.92. The molecule has 0 radical (unpaired) electrons. The van der Waals surface area contributed by atoms with Crippen molar-refractivity contribution in [1.82, 2.24) is 5.32 Å². The van der Waals surface area contributed by atoms with Gasteiger partial charge in [-0.3, -0.25) is 4.79 Å². The molecule has 1 amide bonds. The van der Waals surface area contributed by atoms with Crippen LogP contribution in [0.3, 0.4) is 0 Å². The van der Waals surface area contributed by atoms with E-state index in [9.17, 15) is 9.18 Å². The summed E-state index contributed by atoms with van der Waals surface area (Å²) in [6, 6.07) is 14.4. The Morgan fingerprint density at radius 1 is 1.09 bits per heavy atom. The van der Waals surface area contributed by atoms with Gasteiger partial charge in [-0.1, -0.05) is 12.1 Å². The molecule has 0 fully saturated rings. The zero-order valence-corrected chi connectivity index (χ0v) is 14.2. The van der Waals surface area contributed by atoms with Gasteiger partial charge in [0.05, 0.1) is 0 Å². The molecule has 2 rings (SSSR count). The Bertz CT molecular complexity index is 626. The number of amides is 1. The van der Waals surface area contributed by atoms with Crippen molar-refractivity contribution in [2.75, 3.05) is 24.7 Å². The summed E-state index contributed by atoms with van der Waals surface area (Å²) in [7, 11) is 3.99. The second kappa shape index (κ2) is 8.58. The Morgan fingerprint density at radius 2 is 1.74 bits per heavy atom. The number of benzene rings is 2. The van der Waals surface area contributed by atoms with Gasteiger partial charge in [0.25, 0.3) is 0 Å². The van der Waals surface area contributed by atoms with Gasteiger partial charge in [0, 0.05) is 43.4 Å². The van der Waals surface area contributed by atoms with E-state index in [1.807, 2.05) is 43.3 Å². The van der Waals surface area contributed by atoms with E-state index in [1.165, 1.54) is 12.1 Å². The van der Waals surface area contributed by atoms with Crippen molar-refractivity contribution in [3.05, 3.63) is 59.9 Å². The minimum Gasteiger partial charge on any atom is -0.378 e. The second-order valence-electron chi connectivity index (χ2n) is 5.39. The third kappa shape index (κ3) is 5.94. The molecule has 0 unspecified atom stereocenters. The minimum absolute atomic E-state index is 0.0243. The maximum atomic E-state index is 12.8. The fraction of sp³-hybridized carbons (Fsp3) is 0.278. The zero-order valence-electron chi connectivity index (χ0n) is 13.4. The minimum atomic E-state index is -0.243. The topological polar surface area (TPSA) is 32.3 Å². The van der Waals surface area contributed by atoms with Crippen molar-refractivity contribution < 1.29 is 9.18 Å². The number of rotatable bonds is 7. The Labute approximate surface area is 140 Å². The van der Waals surface area contributed by atoms with E-state index in [2.05, 4.69) is 5.32 Å². The number of halogens is 1. The number of nitrogens with one attached hydrogen (secondary N) is 1. The van der Waals surface area contributed by atoms with Crippen molar-refractivity contribution in [1.29, 1.82) is 0 Å². The van der Waals surface area contributed by atoms with Crippen molar-refractivity contribution in [2.24, 2.45) is 0 Å². The normalized spacial score (nSPS) is 10.4. The fourth-order valence-corrected chi connectivity index (χ4v) is 2.85. The van der Waals surface area contributed by atoms with Crippen LogP contribution in [0.1, 0.15) is 12.0 Å². The Balaban J connectivity index is 1.69. The summed E-state index contributed by atoms with van der Waals surface area (Å²) < 4.78 is 12.8. The first-order valence-corrected chi connectivity index (χ1v) is 8.44. The van der Waals surface area contributed by atoms with E-state index in [0.29, 0.717) is 18.7 Å². The van der Waals surface area contributed by atoms with Crippen LogP contribution in [0.4, 0.5) is 10.1 Å². The number of nitrogens with zero attached hydrogens (tertiary/aromatic N) is 1. The molecule has 0 aliphatic heterocycles. The van der Waals surface area contributed by atoms with Crippen molar-refractivity contribution in [2.45, 2.75) is 17.9 Å². The van der Waals surface area contributed by atoms with Crippen LogP contribution < -0.4 is 10.2 Å². The van der Waals surface area contributed by atoms with Crippen LogP contribution in [-0.2, 0) is 11.3 Å². The van der Waals surface area contributed by atoms with E-state index in [1.54, 1.807) is 23.9 Å². The Hall–Kier alpha value is -2.01. The van der Waals surface area contributed by atoms with Crippen LogP contribution in [0.5, 0.6) is 0 Å². The van der Waals surface area contributed by atoms with Gasteiger partial charge in [-0.2, -0.15) is 0 Å². The van der Waals surface area contributed by atoms with E-state index in [-0.39, 0.29) is 11.7 Å². The van der Waals surface area contributed by atoms with Crippen LogP contribution in [0.15, 0.2) is 53.4 Å². The molecule has 0 spiro atoms. The maximum absolute atomic E-state index is 12.8. The van der Waals surface area contributed by atoms with Gasteiger partial charge in [-0.25, -0.2) is 4.39 Å². The fourth-order valence-electron chi connectivity index (χ4n) is 1.99. The van der Waals surface area contributed by atoms with E-state index in [0.717, 1.165) is 16.1 Å². The standard InChI is InChI=1S/C18H21FN2OS/c1-21(2)16-7-3-14(4-8-16)13-20-18(22)11-12-23-17-9-5-15(19)6-10-17/h3-10H,11-13H2,1-2H3,(H,20,22). The Morgan fingerprint density at radius 3 is 2.35 bits per heavy atom. The van der Waals surface area contributed by atoms with Crippen molar-refractivity contribution in [3.63, 3.8) is 0 Å². The molecule has 2 aromatic carbocycles. The highest BCUT2D eigenvalue weighted by atomic mass is 32.2. The third-order valence-electron chi connectivity index (χ3n) is 3.35. The van der Waals surface area contributed by atoms with Crippen molar-refractivity contribution >= 4 is 23.4 Å². The molecular weight excluding hydrogens is 311 g/mol. The van der Waals surface area contributed by atoms with Gasteiger partial charge < -0.3 is 10.2 Å². The predicted octanol–water partition coefficient (Wildman–Crippen LogP) is 3.69. The summed E-state index contributed by atoms with van der Waals surface area (Å²) in [6.45, 7) is 0.535. The third-order valence-corrected chi connectivity index (χ3v) is 4.37. The number of carbonyl (C=O) groups excluding carboxylic acids is 1. The molecule has 1 N–H and O–H groups in total. The lowest BCUT2D eigenvalue weighted by molar-refractivity contribution is -0.120. The van der Waals surface area contributed by atoms with Crippen LogP contribution in [0, 0.1) is 5.82 Å².